The highest BCUT2D eigenvalue weighted by molar-refractivity contribution is 7.91. The smallest absolute Gasteiger partial charge is 0.253 e. The van der Waals surface area contributed by atoms with Gasteiger partial charge < -0.3 is 9.64 Å². The quantitative estimate of drug-likeness (QED) is 0.715. The van der Waals surface area contributed by atoms with Gasteiger partial charge >= 0.3 is 0 Å². The van der Waals surface area contributed by atoms with Crippen molar-refractivity contribution in [3.8, 4) is 5.75 Å². The maximum Gasteiger partial charge on any atom is 0.253 e. The van der Waals surface area contributed by atoms with Gasteiger partial charge in [-0.15, -0.1) is 11.3 Å². The van der Waals surface area contributed by atoms with Crippen molar-refractivity contribution in [3.05, 3.63) is 45.9 Å². The maximum absolute atomic E-state index is 12.8. The molecule has 2 aliphatic heterocycles. The van der Waals surface area contributed by atoms with Crippen LogP contribution in [0.5, 0.6) is 5.75 Å². The molecule has 156 valence electrons. The number of ether oxygens (including phenoxy) is 1. The third-order valence-corrected chi connectivity index (χ3v) is 8.05. The molecule has 0 radical (unpaired) electrons. The van der Waals surface area contributed by atoms with E-state index in [-0.39, 0.29) is 23.5 Å². The van der Waals surface area contributed by atoms with Crippen LogP contribution in [-0.4, -0.2) is 72.8 Å². The molecule has 0 aliphatic carbocycles. The molecule has 1 amide bonds. The van der Waals surface area contributed by atoms with Crippen LogP contribution >= 0.6 is 11.3 Å². The predicted molar refractivity (Wildman–Crippen MR) is 112 cm³/mol. The zero-order chi connectivity index (χ0) is 20.4. The van der Waals surface area contributed by atoms with E-state index in [0.29, 0.717) is 37.4 Å². The van der Waals surface area contributed by atoms with Gasteiger partial charge in [-0.1, -0.05) is 0 Å². The van der Waals surface area contributed by atoms with E-state index in [4.69, 9.17) is 4.74 Å². The van der Waals surface area contributed by atoms with E-state index < -0.39 is 9.84 Å². The fourth-order valence-corrected chi connectivity index (χ4v) is 6.22. The van der Waals surface area contributed by atoms with E-state index >= 15 is 0 Å². The number of hydrogen-bond acceptors (Lipinski definition) is 7. The summed E-state index contributed by atoms with van der Waals surface area (Å²) in [6.45, 7) is 5.06. The van der Waals surface area contributed by atoms with Gasteiger partial charge in [-0.25, -0.2) is 13.4 Å². The van der Waals surface area contributed by atoms with Crippen molar-refractivity contribution in [1.29, 1.82) is 0 Å². The second-order valence-corrected chi connectivity index (χ2v) is 10.8. The molecule has 0 saturated carbocycles. The molecule has 1 aromatic carbocycles. The average molecular weight is 436 g/mol. The number of aromatic nitrogens is 1. The number of carbonyl (C=O) groups is 1. The van der Waals surface area contributed by atoms with E-state index in [1.165, 1.54) is 0 Å². The van der Waals surface area contributed by atoms with Crippen molar-refractivity contribution in [2.45, 2.75) is 26.0 Å². The Labute approximate surface area is 175 Å². The summed E-state index contributed by atoms with van der Waals surface area (Å²) in [5.41, 5.74) is 1.54. The van der Waals surface area contributed by atoms with Crippen molar-refractivity contribution in [1.82, 2.24) is 14.8 Å². The van der Waals surface area contributed by atoms with Gasteiger partial charge in [-0.3, -0.25) is 9.69 Å². The van der Waals surface area contributed by atoms with Crippen LogP contribution in [0.3, 0.4) is 0 Å². The first kappa shape index (κ1) is 20.3. The Bertz CT molecular complexity index is 964. The van der Waals surface area contributed by atoms with Crippen molar-refractivity contribution in [3.63, 3.8) is 0 Å². The third-order valence-electron chi connectivity index (χ3n) is 5.48. The Morgan fingerprint density at radius 1 is 1.21 bits per heavy atom. The molecular formula is C20H25N3O4S2. The summed E-state index contributed by atoms with van der Waals surface area (Å²) in [7, 11) is -2.88. The Hall–Kier alpha value is -1.97. The highest BCUT2D eigenvalue weighted by Crippen LogP contribution is 2.21. The van der Waals surface area contributed by atoms with E-state index in [9.17, 15) is 13.2 Å². The van der Waals surface area contributed by atoms with Crippen LogP contribution in [0.4, 0.5) is 0 Å². The Morgan fingerprint density at radius 2 is 1.93 bits per heavy atom. The molecule has 29 heavy (non-hydrogen) atoms. The first-order valence-corrected chi connectivity index (χ1v) is 12.5. The number of amides is 1. The minimum absolute atomic E-state index is 0.00497. The number of carbonyl (C=O) groups excluding carboxylic acids is 1. The van der Waals surface area contributed by atoms with Gasteiger partial charge in [0.05, 0.1) is 22.2 Å². The van der Waals surface area contributed by atoms with Crippen molar-refractivity contribution >= 4 is 27.1 Å². The second-order valence-electron chi connectivity index (χ2n) is 7.56. The average Bonchev–Trinajstić information content (AvgIpc) is 3.31. The minimum atomic E-state index is -2.88. The van der Waals surface area contributed by atoms with Crippen molar-refractivity contribution in [2.75, 3.05) is 37.7 Å². The molecule has 2 fully saturated rings. The number of nitrogens with zero attached hydrogens (tertiary/aromatic N) is 3. The van der Waals surface area contributed by atoms with Crippen LogP contribution < -0.4 is 4.74 Å². The highest BCUT2D eigenvalue weighted by atomic mass is 32.2. The van der Waals surface area contributed by atoms with E-state index in [1.54, 1.807) is 23.5 Å². The fraction of sp³-hybridized carbons (Fsp3) is 0.500. The zero-order valence-corrected chi connectivity index (χ0v) is 18.0. The molecule has 0 spiro atoms. The van der Waals surface area contributed by atoms with E-state index in [0.717, 1.165) is 23.8 Å². The molecule has 0 bridgehead atoms. The first-order valence-electron chi connectivity index (χ1n) is 9.77. The number of aryl methyl sites for hydroxylation is 1. The molecule has 1 unspecified atom stereocenters. The highest BCUT2D eigenvalue weighted by Gasteiger charge is 2.34. The SMILES string of the molecule is Cc1nc(COc2ccc(C(=O)N3CCN(C4CCS(=O)(=O)C4)CC3)cc2)cs1. The number of rotatable bonds is 5. The summed E-state index contributed by atoms with van der Waals surface area (Å²) in [4.78, 5) is 21.2. The summed E-state index contributed by atoms with van der Waals surface area (Å²) in [6, 6.07) is 7.31. The monoisotopic (exact) mass is 435 g/mol. The number of piperazine rings is 1. The van der Waals surface area contributed by atoms with Gasteiger partial charge in [0.15, 0.2) is 9.84 Å². The molecule has 3 heterocycles. The lowest BCUT2D eigenvalue weighted by atomic mass is 10.1. The minimum Gasteiger partial charge on any atom is -0.487 e. The normalized spacial score (nSPS) is 22.0. The fourth-order valence-electron chi connectivity index (χ4n) is 3.86. The molecule has 4 rings (SSSR count). The summed E-state index contributed by atoms with van der Waals surface area (Å²) < 4.78 is 29.1. The van der Waals surface area contributed by atoms with Gasteiger partial charge in [-0.2, -0.15) is 0 Å². The van der Waals surface area contributed by atoms with E-state index in [1.807, 2.05) is 29.3 Å². The van der Waals surface area contributed by atoms with Gasteiger partial charge in [0.1, 0.15) is 12.4 Å². The molecule has 2 saturated heterocycles. The Balaban J connectivity index is 1.28. The lowest BCUT2D eigenvalue weighted by Gasteiger charge is -2.37. The number of benzene rings is 1. The lowest BCUT2D eigenvalue weighted by molar-refractivity contribution is 0.0588. The van der Waals surface area contributed by atoms with Gasteiger partial charge in [0, 0.05) is 43.2 Å². The van der Waals surface area contributed by atoms with Crippen molar-refractivity contribution < 1.29 is 17.9 Å². The first-order chi connectivity index (χ1) is 13.9. The van der Waals surface area contributed by atoms with Crippen LogP contribution in [0.1, 0.15) is 27.5 Å². The van der Waals surface area contributed by atoms with Crippen LogP contribution in [0.15, 0.2) is 29.6 Å². The van der Waals surface area contributed by atoms with Crippen LogP contribution in [-0.2, 0) is 16.4 Å². The largest absolute Gasteiger partial charge is 0.487 e. The molecular weight excluding hydrogens is 410 g/mol. The Kier molecular flexibility index (Phi) is 5.89. The summed E-state index contributed by atoms with van der Waals surface area (Å²) >= 11 is 1.60. The number of thiazole rings is 1. The molecule has 0 N–H and O–H groups in total. The molecule has 1 atom stereocenters. The lowest BCUT2D eigenvalue weighted by Crippen LogP contribution is -2.52. The molecule has 7 nitrogen and oxygen atoms in total. The zero-order valence-electron chi connectivity index (χ0n) is 16.4. The predicted octanol–water partition coefficient (Wildman–Crippen LogP) is 1.98. The number of hydrogen-bond donors (Lipinski definition) is 0. The number of sulfone groups is 1. The summed E-state index contributed by atoms with van der Waals surface area (Å²) in [5, 5.41) is 2.99. The van der Waals surface area contributed by atoms with Crippen LogP contribution in [0.2, 0.25) is 0 Å². The summed E-state index contributed by atoms with van der Waals surface area (Å²) in [5.74, 6) is 1.25. The topological polar surface area (TPSA) is 79.8 Å². The maximum atomic E-state index is 12.8. The second kappa shape index (κ2) is 8.41. The standard InChI is InChI=1S/C20H25N3O4S2/c1-15-21-17(13-28-15)12-27-19-4-2-16(3-5-19)20(24)23-9-7-22(8-10-23)18-6-11-29(25,26)14-18/h2-5,13,18H,6-12,14H2,1H3. The van der Waals surface area contributed by atoms with E-state index in [2.05, 4.69) is 9.88 Å². The van der Waals surface area contributed by atoms with Crippen LogP contribution in [0, 0.1) is 6.92 Å². The van der Waals surface area contributed by atoms with Gasteiger partial charge in [0.25, 0.3) is 5.91 Å². The molecule has 1 aromatic heterocycles. The molecule has 2 aliphatic rings. The van der Waals surface area contributed by atoms with Gasteiger partial charge in [0.2, 0.25) is 0 Å². The molecule has 2 aromatic rings. The van der Waals surface area contributed by atoms with Crippen molar-refractivity contribution in [2.24, 2.45) is 0 Å². The molecule has 9 heteroatoms. The Morgan fingerprint density at radius 3 is 2.52 bits per heavy atom. The summed E-state index contributed by atoms with van der Waals surface area (Å²) in [6.07, 6.45) is 0.707. The third kappa shape index (κ3) is 4.96. The van der Waals surface area contributed by atoms with Crippen LogP contribution in [0.25, 0.3) is 0 Å². The van der Waals surface area contributed by atoms with Gasteiger partial charge in [-0.05, 0) is 37.6 Å².